The SMILES string of the molecule is CC(=O)OCC(=O)[C@H]1C(C#N)C[C@H]2[C@@H]3CCC4=CC(=O)C=C[C@]4(C)[C@H]3C(O)C[C@]12C. The number of Topliss-reactive ketones (excluding diaryl/α,β-unsaturated/α-hetero) is 1. The monoisotopic (exact) mass is 411 g/mol. The minimum Gasteiger partial charge on any atom is -0.458 e. The highest BCUT2D eigenvalue weighted by atomic mass is 16.5. The van der Waals surface area contributed by atoms with Gasteiger partial charge in [0.2, 0.25) is 0 Å². The lowest BCUT2D eigenvalue weighted by atomic mass is 9.46. The molecule has 0 spiro atoms. The number of nitrogens with zero attached hydrogens (tertiary/aromatic N) is 1. The second-order valence-electron chi connectivity index (χ2n) is 10.00. The summed E-state index contributed by atoms with van der Waals surface area (Å²) in [5, 5.41) is 21.2. The summed E-state index contributed by atoms with van der Waals surface area (Å²) in [5.41, 5.74) is 0.194. The number of esters is 1. The molecule has 0 saturated heterocycles. The summed E-state index contributed by atoms with van der Waals surface area (Å²) in [5.74, 6) is -1.47. The summed E-state index contributed by atoms with van der Waals surface area (Å²) in [6, 6.07) is 2.33. The summed E-state index contributed by atoms with van der Waals surface area (Å²) < 4.78 is 4.95. The molecule has 0 bridgehead atoms. The number of hydrogen-bond acceptors (Lipinski definition) is 6. The lowest BCUT2D eigenvalue weighted by Crippen LogP contribution is -2.56. The molecular weight excluding hydrogens is 382 g/mol. The molecule has 0 aliphatic heterocycles. The van der Waals surface area contributed by atoms with Crippen molar-refractivity contribution in [1.29, 1.82) is 5.26 Å². The summed E-state index contributed by atoms with van der Waals surface area (Å²) in [6.45, 7) is 5.07. The van der Waals surface area contributed by atoms with Gasteiger partial charge in [0.1, 0.15) is 6.61 Å². The number of nitriles is 1. The Balaban J connectivity index is 1.69. The average molecular weight is 411 g/mol. The number of hydrogen-bond donors (Lipinski definition) is 1. The predicted octanol–water partition coefficient (Wildman–Crippen LogP) is 2.76. The maximum absolute atomic E-state index is 13.0. The first-order valence-corrected chi connectivity index (χ1v) is 10.8. The van der Waals surface area contributed by atoms with Gasteiger partial charge in [0.25, 0.3) is 0 Å². The molecule has 1 N–H and O–H groups in total. The van der Waals surface area contributed by atoms with E-state index in [-0.39, 0.29) is 41.3 Å². The molecule has 4 aliphatic carbocycles. The van der Waals surface area contributed by atoms with Crippen LogP contribution in [-0.2, 0) is 19.1 Å². The van der Waals surface area contributed by atoms with Crippen molar-refractivity contribution in [3.05, 3.63) is 23.8 Å². The number of ether oxygens (including phenoxy) is 1. The number of allylic oxidation sites excluding steroid dienone is 4. The number of rotatable bonds is 3. The highest BCUT2D eigenvalue weighted by Gasteiger charge is 2.65. The van der Waals surface area contributed by atoms with Crippen molar-refractivity contribution in [2.75, 3.05) is 6.61 Å². The number of ketones is 2. The molecule has 4 rings (SSSR count). The Kier molecular flexibility index (Phi) is 5.01. The number of carbonyl (C=O) groups excluding carboxylic acids is 3. The maximum Gasteiger partial charge on any atom is 0.303 e. The molecule has 30 heavy (non-hydrogen) atoms. The van der Waals surface area contributed by atoms with Crippen molar-refractivity contribution in [3.63, 3.8) is 0 Å². The molecule has 8 atom stereocenters. The van der Waals surface area contributed by atoms with Crippen LogP contribution in [0.3, 0.4) is 0 Å². The van der Waals surface area contributed by atoms with E-state index in [1.807, 2.05) is 13.0 Å². The van der Waals surface area contributed by atoms with Gasteiger partial charge in [-0.25, -0.2) is 0 Å². The van der Waals surface area contributed by atoms with E-state index in [9.17, 15) is 24.8 Å². The summed E-state index contributed by atoms with van der Waals surface area (Å²) >= 11 is 0. The van der Waals surface area contributed by atoms with Gasteiger partial charge >= 0.3 is 5.97 Å². The molecule has 0 radical (unpaired) electrons. The minimum atomic E-state index is -0.635. The van der Waals surface area contributed by atoms with E-state index in [0.29, 0.717) is 12.8 Å². The molecule has 3 fully saturated rings. The van der Waals surface area contributed by atoms with Crippen molar-refractivity contribution in [2.24, 2.45) is 40.4 Å². The number of aliphatic hydroxyl groups excluding tert-OH is 1. The average Bonchev–Trinajstić information content (AvgIpc) is 2.98. The Morgan fingerprint density at radius 1 is 1.37 bits per heavy atom. The smallest absolute Gasteiger partial charge is 0.303 e. The van der Waals surface area contributed by atoms with Gasteiger partial charge in [-0.15, -0.1) is 0 Å². The van der Waals surface area contributed by atoms with Crippen molar-refractivity contribution in [2.45, 2.75) is 52.6 Å². The first kappa shape index (κ1) is 21.0. The minimum absolute atomic E-state index is 0.00222. The molecular formula is C24H29NO5. The molecule has 6 nitrogen and oxygen atoms in total. The molecule has 0 aromatic rings. The van der Waals surface area contributed by atoms with Gasteiger partial charge in [0, 0.05) is 24.2 Å². The summed E-state index contributed by atoms with van der Waals surface area (Å²) in [4.78, 5) is 36.1. The lowest BCUT2D eigenvalue weighted by molar-refractivity contribution is -0.152. The van der Waals surface area contributed by atoms with Crippen molar-refractivity contribution in [1.82, 2.24) is 0 Å². The third kappa shape index (κ3) is 2.98. The van der Waals surface area contributed by atoms with Crippen molar-refractivity contribution >= 4 is 17.5 Å². The quantitative estimate of drug-likeness (QED) is 0.716. The van der Waals surface area contributed by atoms with E-state index >= 15 is 0 Å². The normalized spacial score (nSPS) is 44.2. The topological polar surface area (TPSA) is 104 Å². The molecule has 0 aromatic carbocycles. The molecule has 3 saturated carbocycles. The Morgan fingerprint density at radius 2 is 2.10 bits per heavy atom. The fraction of sp³-hybridized carbons (Fsp3) is 0.667. The van der Waals surface area contributed by atoms with E-state index in [1.165, 1.54) is 6.92 Å². The van der Waals surface area contributed by atoms with Gasteiger partial charge in [0.05, 0.1) is 18.1 Å². The Hall–Kier alpha value is -2.26. The summed E-state index contributed by atoms with van der Waals surface area (Å²) in [7, 11) is 0. The van der Waals surface area contributed by atoms with Crippen LogP contribution < -0.4 is 0 Å². The second-order valence-corrected chi connectivity index (χ2v) is 10.00. The van der Waals surface area contributed by atoms with Gasteiger partial charge in [-0.3, -0.25) is 14.4 Å². The molecule has 0 aromatic heterocycles. The van der Waals surface area contributed by atoms with E-state index in [2.05, 4.69) is 13.0 Å². The Bertz CT molecular complexity index is 898. The first-order chi connectivity index (χ1) is 14.1. The van der Waals surface area contributed by atoms with Crippen LogP contribution in [0.5, 0.6) is 0 Å². The fourth-order valence-corrected chi connectivity index (χ4v) is 7.36. The summed E-state index contributed by atoms with van der Waals surface area (Å²) in [6.07, 6.45) is 7.31. The van der Waals surface area contributed by atoms with E-state index in [4.69, 9.17) is 4.74 Å². The number of fused-ring (bicyclic) bond motifs is 5. The van der Waals surface area contributed by atoms with Crippen LogP contribution >= 0.6 is 0 Å². The third-order valence-electron chi connectivity index (χ3n) is 8.48. The van der Waals surface area contributed by atoms with Gasteiger partial charge in [-0.1, -0.05) is 25.5 Å². The van der Waals surface area contributed by atoms with Crippen LogP contribution in [0.4, 0.5) is 0 Å². The standard InChI is InChI=1S/C24H29NO5/c1-13(26)30-12-20(29)21-14(11-25)8-18-17-5-4-15-9-16(27)6-7-23(15,2)22(17)19(28)10-24(18,21)3/h6-7,9,14,17-19,21-22,28H,4-5,8,10,12H2,1-3H3/t14?,17-,18-,19?,21+,22+,23-,24-/m0/s1. The number of aliphatic hydroxyl groups is 1. The van der Waals surface area contributed by atoms with E-state index < -0.39 is 29.3 Å². The molecule has 0 heterocycles. The zero-order valence-corrected chi connectivity index (χ0v) is 17.8. The van der Waals surface area contributed by atoms with Gasteiger partial charge in [0.15, 0.2) is 11.6 Å². The van der Waals surface area contributed by atoms with Crippen molar-refractivity contribution in [3.8, 4) is 6.07 Å². The van der Waals surface area contributed by atoms with Crippen molar-refractivity contribution < 1.29 is 24.2 Å². The van der Waals surface area contributed by atoms with Gasteiger partial charge < -0.3 is 9.84 Å². The van der Waals surface area contributed by atoms with Gasteiger partial charge in [-0.05, 0) is 55.1 Å². The Labute approximate surface area is 177 Å². The molecule has 4 aliphatic rings. The predicted molar refractivity (Wildman–Crippen MR) is 108 cm³/mol. The van der Waals surface area contributed by atoms with Crippen LogP contribution in [-0.4, -0.2) is 35.4 Å². The zero-order valence-electron chi connectivity index (χ0n) is 17.8. The van der Waals surface area contributed by atoms with Crippen LogP contribution in [0.2, 0.25) is 0 Å². The fourth-order valence-electron chi connectivity index (χ4n) is 7.36. The lowest BCUT2D eigenvalue weighted by Gasteiger charge is -2.58. The third-order valence-corrected chi connectivity index (χ3v) is 8.48. The second kappa shape index (κ2) is 7.16. The molecule has 0 amide bonds. The van der Waals surface area contributed by atoms with Crippen LogP contribution in [0, 0.1) is 51.8 Å². The zero-order chi connectivity index (χ0) is 21.8. The largest absolute Gasteiger partial charge is 0.458 e. The maximum atomic E-state index is 13.0. The Morgan fingerprint density at radius 3 is 2.77 bits per heavy atom. The van der Waals surface area contributed by atoms with E-state index in [0.717, 1.165) is 18.4 Å². The molecule has 2 unspecified atom stereocenters. The molecule has 6 heteroatoms. The first-order valence-electron chi connectivity index (χ1n) is 10.8. The van der Waals surface area contributed by atoms with Crippen LogP contribution in [0.1, 0.15) is 46.5 Å². The molecule has 160 valence electrons. The highest BCUT2D eigenvalue weighted by Crippen LogP contribution is 2.67. The highest BCUT2D eigenvalue weighted by molar-refractivity contribution is 6.01. The van der Waals surface area contributed by atoms with E-state index in [1.54, 1.807) is 12.2 Å². The van der Waals surface area contributed by atoms with Gasteiger partial charge in [-0.2, -0.15) is 5.26 Å². The van der Waals surface area contributed by atoms with Crippen LogP contribution in [0.25, 0.3) is 0 Å². The van der Waals surface area contributed by atoms with Crippen LogP contribution in [0.15, 0.2) is 23.8 Å². The number of carbonyl (C=O) groups is 3.